The molecule has 0 aliphatic carbocycles. The van der Waals surface area contributed by atoms with Crippen molar-refractivity contribution in [2.45, 2.75) is 32.2 Å². The molecule has 1 aliphatic rings. The molecule has 1 fully saturated rings. The zero-order valence-electron chi connectivity index (χ0n) is 17.7. The van der Waals surface area contributed by atoms with Gasteiger partial charge in [0.15, 0.2) is 23.6 Å². The third kappa shape index (κ3) is 5.02. The van der Waals surface area contributed by atoms with Crippen LogP contribution in [-0.4, -0.2) is 52.7 Å². The molecule has 0 amide bonds. The van der Waals surface area contributed by atoms with Crippen molar-refractivity contribution in [1.29, 1.82) is 0 Å². The van der Waals surface area contributed by atoms with Gasteiger partial charge in [0, 0.05) is 24.5 Å². The van der Waals surface area contributed by atoms with Crippen LogP contribution in [0.5, 0.6) is 11.5 Å². The zero-order valence-corrected chi connectivity index (χ0v) is 18.5. The second-order valence-corrected chi connectivity index (χ2v) is 7.83. The van der Waals surface area contributed by atoms with Crippen molar-refractivity contribution in [3.63, 3.8) is 0 Å². The highest BCUT2D eigenvalue weighted by Gasteiger charge is 2.24. The molecule has 1 aliphatic heterocycles. The summed E-state index contributed by atoms with van der Waals surface area (Å²) in [6.45, 7) is 2.87. The minimum absolute atomic E-state index is 0.0199. The number of hydrogen-bond acceptors (Lipinski definition) is 8. The monoisotopic (exact) mass is 462 g/mol. The normalized spacial score (nSPS) is 16.2. The second-order valence-electron chi connectivity index (χ2n) is 7.42. The first-order chi connectivity index (χ1) is 15.4. The molecule has 0 radical (unpaired) electrons. The van der Waals surface area contributed by atoms with E-state index < -0.39 is 12.1 Å². The lowest BCUT2D eigenvalue weighted by Crippen LogP contribution is -2.39. The van der Waals surface area contributed by atoms with Gasteiger partial charge in [0.05, 0.1) is 23.3 Å². The predicted molar refractivity (Wildman–Crippen MR) is 119 cm³/mol. The molecule has 2 N–H and O–H groups in total. The van der Waals surface area contributed by atoms with Crippen molar-refractivity contribution in [3.8, 4) is 11.5 Å². The number of aliphatic hydroxyl groups is 1. The summed E-state index contributed by atoms with van der Waals surface area (Å²) >= 11 is 5.89. The van der Waals surface area contributed by atoms with Crippen LogP contribution in [0.3, 0.4) is 0 Å². The number of hydroxylamine groups is 2. The summed E-state index contributed by atoms with van der Waals surface area (Å²) in [5, 5.41) is 14.8. The van der Waals surface area contributed by atoms with E-state index in [9.17, 15) is 9.50 Å². The molecule has 2 heterocycles. The molecule has 0 bridgehead atoms. The minimum atomic E-state index is -0.837. The summed E-state index contributed by atoms with van der Waals surface area (Å²) in [5.41, 5.74) is 0.832. The zero-order chi connectivity index (χ0) is 22.7. The molecule has 0 unspecified atom stereocenters. The van der Waals surface area contributed by atoms with Gasteiger partial charge in [0.1, 0.15) is 18.2 Å². The first-order valence-electron chi connectivity index (χ1n) is 10.2. The van der Waals surface area contributed by atoms with Crippen molar-refractivity contribution < 1.29 is 23.8 Å². The Kier molecular flexibility index (Phi) is 6.90. The number of halogens is 2. The molecule has 2 aromatic carbocycles. The Morgan fingerprint density at radius 2 is 2.00 bits per heavy atom. The summed E-state index contributed by atoms with van der Waals surface area (Å²) in [6.07, 6.45) is 2.00. The predicted octanol–water partition coefficient (Wildman–Crippen LogP) is 4.29. The van der Waals surface area contributed by atoms with E-state index in [0.717, 1.165) is 12.8 Å². The summed E-state index contributed by atoms with van der Waals surface area (Å²) < 4.78 is 26.1. The van der Waals surface area contributed by atoms with Crippen LogP contribution in [0.4, 0.5) is 15.9 Å². The quantitative estimate of drug-likeness (QED) is 0.503. The molecule has 32 heavy (non-hydrogen) atoms. The topological polar surface area (TPSA) is 89.0 Å². The number of fused-ring (bicyclic) bond motifs is 1. The number of aromatic nitrogens is 2. The number of nitrogens with zero attached hydrogens (tertiary/aromatic N) is 3. The molecule has 8 nitrogen and oxygen atoms in total. The lowest BCUT2D eigenvalue weighted by Gasteiger charge is -2.32. The van der Waals surface area contributed by atoms with E-state index in [2.05, 4.69) is 15.3 Å². The summed E-state index contributed by atoms with van der Waals surface area (Å²) in [7, 11) is 1.56. The van der Waals surface area contributed by atoms with Gasteiger partial charge in [-0.3, -0.25) is 4.84 Å². The smallest absolute Gasteiger partial charge is 0.171 e. The van der Waals surface area contributed by atoms with Gasteiger partial charge in [0.2, 0.25) is 0 Å². The molecule has 4 rings (SSSR count). The molecule has 1 saturated heterocycles. The van der Waals surface area contributed by atoms with Gasteiger partial charge >= 0.3 is 0 Å². The van der Waals surface area contributed by atoms with Crippen LogP contribution in [-0.2, 0) is 4.84 Å². The number of benzene rings is 2. The van der Waals surface area contributed by atoms with Gasteiger partial charge < -0.3 is 19.9 Å². The van der Waals surface area contributed by atoms with Crippen LogP contribution < -0.4 is 14.8 Å². The van der Waals surface area contributed by atoms with Crippen molar-refractivity contribution in [2.24, 2.45) is 0 Å². The highest BCUT2D eigenvalue weighted by atomic mass is 35.5. The fourth-order valence-electron chi connectivity index (χ4n) is 3.59. The third-order valence-electron chi connectivity index (χ3n) is 5.12. The number of ether oxygens (including phenoxy) is 2. The van der Waals surface area contributed by atoms with Crippen LogP contribution in [0.1, 0.15) is 19.8 Å². The molecule has 10 heteroatoms. The Morgan fingerprint density at radius 1 is 1.22 bits per heavy atom. The van der Waals surface area contributed by atoms with E-state index in [1.165, 1.54) is 12.4 Å². The van der Waals surface area contributed by atoms with E-state index >= 15 is 0 Å². The number of piperidine rings is 1. The molecular weight excluding hydrogens is 439 g/mol. The van der Waals surface area contributed by atoms with Crippen molar-refractivity contribution in [3.05, 3.63) is 47.5 Å². The molecule has 0 spiro atoms. The molecule has 1 aromatic heterocycles. The molecular formula is C22H24ClFN4O4. The first-order valence-corrected chi connectivity index (χ1v) is 10.6. The average Bonchev–Trinajstić information content (AvgIpc) is 2.77. The molecule has 1 atom stereocenters. The van der Waals surface area contributed by atoms with E-state index in [0.29, 0.717) is 41.3 Å². The van der Waals surface area contributed by atoms with E-state index in [4.69, 9.17) is 25.9 Å². The van der Waals surface area contributed by atoms with E-state index in [-0.39, 0.29) is 16.8 Å². The molecule has 170 valence electrons. The summed E-state index contributed by atoms with van der Waals surface area (Å²) in [6, 6.07) is 8.27. The van der Waals surface area contributed by atoms with Gasteiger partial charge in [-0.1, -0.05) is 17.7 Å². The van der Waals surface area contributed by atoms with Crippen LogP contribution in [0, 0.1) is 5.82 Å². The van der Waals surface area contributed by atoms with Gasteiger partial charge in [-0.05, 0) is 38.0 Å². The standard InChI is InChI=1S/C22H24ClFN4O4/c1-13(29)32-28-8-6-14(7-9-28)31-20-11-18-15(10-19(20)30-2)22(26-12-25-18)27-17-5-3-4-16(23)21(17)24/h3-5,10-14,29H,6-9H2,1-2H3,(H,25,26,27)/t13-/m0/s1. The lowest BCUT2D eigenvalue weighted by atomic mass is 10.1. The molecule has 3 aromatic rings. The fourth-order valence-corrected chi connectivity index (χ4v) is 3.77. The maximum absolute atomic E-state index is 14.3. The van der Waals surface area contributed by atoms with Crippen LogP contribution in [0.25, 0.3) is 10.9 Å². The highest BCUT2D eigenvalue weighted by Crippen LogP contribution is 2.36. The van der Waals surface area contributed by atoms with Crippen molar-refractivity contribution in [2.75, 3.05) is 25.5 Å². The Hall–Kier alpha value is -2.72. The largest absolute Gasteiger partial charge is 0.493 e. The van der Waals surface area contributed by atoms with Crippen molar-refractivity contribution >= 4 is 34.0 Å². The molecule has 0 saturated carbocycles. The fraction of sp³-hybridized carbons (Fsp3) is 0.364. The maximum Gasteiger partial charge on any atom is 0.171 e. The van der Waals surface area contributed by atoms with Crippen LogP contribution in [0.2, 0.25) is 5.02 Å². The van der Waals surface area contributed by atoms with E-state index in [1.54, 1.807) is 43.4 Å². The van der Waals surface area contributed by atoms with Gasteiger partial charge in [-0.25, -0.2) is 14.4 Å². The number of nitrogens with one attached hydrogen (secondary N) is 1. The number of rotatable bonds is 7. The van der Waals surface area contributed by atoms with Gasteiger partial charge in [0.25, 0.3) is 0 Å². The first kappa shape index (κ1) is 22.5. The summed E-state index contributed by atoms with van der Waals surface area (Å²) in [5.74, 6) is 0.946. The average molecular weight is 463 g/mol. The Bertz CT molecular complexity index is 1090. The number of anilines is 2. The summed E-state index contributed by atoms with van der Waals surface area (Å²) in [4.78, 5) is 13.9. The van der Waals surface area contributed by atoms with Gasteiger partial charge in [-0.15, -0.1) is 0 Å². The van der Waals surface area contributed by atoms with Crippen molar-refractivity contribution in [1.82, 2.24) is 15.0 Å². The Balaban J connectivity index is 1.56. The lowest BCUT2D eigenvalue weighted by molar-refractivity contribution is -0.266. The number of methoxy groups -OCH3 is 1. The third-order valence-corrected chi connectivity index (χ3v) is 5.41. The number of hydrogen-bond donors (Lipinski definition) is 2. The highest BCUT2D eigenvalue weighted by molar-refractivity contribution is 6.31. The van der Waals surface area contributed by atoms with Gasteiger partial charge in [-0.2, -0.15) is 5.06 Å². The minimum Gasteiger partial charge on any atom is -0.493 e. The Labute approximate surface area is 189 Å². The SMILES string of the molecule is COc1cc2c(Nc3cccc(Cl)c3F)ncnc2cc1OC1CCN(O[C@@H](C)O)CC1. The van der Waals surface area contributed by atoms with Crippen LogP contribution in [0.15, 0.2) is 36.7 Å². The second kappa shape index (κ2) is 9.83. The number of aliphatic hydroxyl groups excluding tert-OH is 1. The Morgan fingerprint density at radius 3 is 2.72 bits per heavy atom. The maximum atomic E-state index is 14.3. The van der Waals surface area contributed by atoms with E-state index in [1.807, 2.05) is 0 Å². The van der Waals surface area contributed by atoms with Crippen LogP contribution >= 0.6 is 11.6 Å².